The van der Waals surface area contributed by atoms with E-state index in [4.69, 9.17) is 21.3 Å². The van der Waals surface area contributed by atoms with Gasteiger partial charge in [0.25, 0.3) is 0 Å². The summed E-state index contributed by atoms with van der Waals surface area (Å²) in [6.45, 7) is 3.40. The predicted octanol–water partition coefficient (Wildman–Crippen LogP) is 4.57. The highest BCUT2D eigenvalue weighted by molar-refractivity contribution is 6.33. The van der Waals surface area contributed by atoms with E-state index in [1.54, 1.807) is 27.3 Å². The number of likely N-dealkylation sites (N-methyl/N-ethyl adjacent to an activating group) is 3. The number of H-pyrrole nitrogens is 1. The zero-order valence-electron chi connectivity index (χ0n) is 23.1. The number of methoxy groups -OCH3 is 1. The SMILES string of the molecule is CN[C@@H](C)C(=O)Nc1cc(Nc2ncc(Cl)c(-c3c[nH]c4ccccc34)n2)c(OC)cc1N(C)CCN(C)C. The van der Waals surface area contributed by atoms with Crippen molar-refractivity contribution in [2.75, 3.05) is 63.9 Å². The number of ether oxygens (including phenoxy) is 1. The van der Waals surface area contributed by atoms with Gasteiger partial charge in [-0.05, 0) is 40.2 Å². The van der Waals surface area contributed by atoms with Gasteiger partial charge in [-0.2, -0.15) is 0 Å². The lowest BCUT2D eigenvalue weighted by molar-refractivity contribution is -0.117. The lowest BCUT2D eigenvalue weighted by atomic mass is 10.1. The number of hydrogen-bond donors (Lipinski definition) is 4. The fourth-order valence-corrected chi connectivity index (χ4v) is 4.29. The van der Waals surface area contributed by atoms with Crippen molar-refractivity contribution in [2.24, 2.45) is 0 Å². The highest BCUT2D eigenvalue weighted by Gasteiger charge is 2.20. The van der Waals surface area contributed by atoms with E-state index in [-0.39, 0.29) is 11.9 Å². The van der Waals surface area contributed by atoms with Gasteiger partial charge < -0.3 is 35.5 Å². The molecule has 1 amide bonds. The van der Waals surface area contributed by atoms with E-state index in [0.29, 0.717) is 33.8 Å². The van der Waals surface area contributed by atoms with Crippen LogP contribution in [0.2, 0.25) is 5.02 Å². The van der Waals surface area contributed by atoms with Crippen LogP contribution in [0.1, 0.15) is 6.92 Å². The number of anilines is 4. The van der Waals surface area contributed by atoms with Crippen LogP contribution in [0.25, 0.3) is 22.2 Å². The zero-order valence-corrected chi connectivity index (χ0v) is 23.8. The van der Waals surface area contributed by atoms with Crippen LogP contribution in [0.15, 0.2) is 48.8 Å². The maximum atomic E-state index is 12.8. The monoisotopic (exact) mass is 550 g/mol. The number of nitrogens with zero attached hydrogens (tertiary/aromatic N) is 4. The summed E-state index contributed by atoms with van der Waals surface area (Å²) in [5.74, 6) is 0.765. The fourth-order valence-electron chi connectivity index (χ4n) is 4.10. The molecular weight excluding hydrogens is 516 g/mol. The summed E-state index contributed by atoms with van der Waals surface area (Å²) >= 11 is 6.53. The topological polar surface area (TPSA) is 110 Å². The average molecular weight is 551 g/mol. The van der Waals surface area contributed by atoms with Crippen molar-refractivity contribution in [3.63, 3.8) is 0 Å². The molecule has 0 aliphatic rings. The molecule has 2 aromatic carbocycles. The molecule has 4 rings (SSSR count). The molecule has 39 heavy (non-hydrogen) atoms. The molecular formula is C28H35ClN8O2. The third-order valence-corrected chi connectivity index (χ3v) is 6.81. The molecule has 0 spiro atoms. The number of halogens is 1. The Labute approximate surface area is 233 Å². The molecule has 0 aliphatic carbocycles. The highest BCUT2D eigenvalue weighted by Crippen LogP contribution is 2.39. The molecule has 206 valence electrons. The second-order valence-corrected chi connectivity index (χ2v) is 9.96. The number of amides is 1. The van der Waals surface area contributed by atoms with Gasteiger partial charge in [-0.15, -0.1) is 0 Å². The Kier molecular flexibility index (Phi) is 8.90. The Morgan fingerprint density at radius 3 is 2.64 bits per heavy atom. The van der Waals surface area contributed by atoms with Crippen molar-refractivity contribution in [3.05, 3.63) is 53.8 Å². The summed E-state index contributed by atoms with van der Waals surface area (Å²) in [5.41, 5.74) is 4.53. The van der Waals surface area contributed by atoms with Crippen molar-refractivity contribution < 1.29 is 9.53 Å². The van der Waals surface area contributed by atoms with Crippen LogP contribution < -0.4 is 25.6 Å². The van der Waals surface area contributed by atoms with Crippen LogP contribution >= 0.6 is 11.6 Å². The summed E-state index contributed by atoms with van der Waals surface area (Å²) in [5, 5.41) is 10.7. The van der Waals surface area contributed by atoms with Gasteiger partial charge in [0.05, 0.1) is 47.1 Å². The molecule has 0 saturated carbocycles. The van der Waals surface area contributed by atoms with Crippen molar-refractivity contribution in [1.82, 2.24) is 25.2 Å². The molecule has 2 aromatic heterocycles. The number of rotatable bonds is 11. The maximum absolute atomic E-state index is 12.8. The van der Waals surface area contributed by atoms with Gasteiger partial charge >= 0.3 is 0 Å². The molecule has 0 aliphatic heterocycles. The molecule has 0 bridgehead atoms. The summed E-state index contributed by atoms with van der Waals surface area (Å²) in [7, 11) is 9.38. The van der Waals surface area contributed by atoms with Gasteiger partial charge in [0.1, 0.15) is 5.75 Å². The Hall–Kier alpha value is -3.86. The molecule has 0 unspecified atom stereocenters. The van der Waals surface area contributed by atoms with E-state index in [0.717, 1.165) is 35.2 Å². The number of nitrogens with one attached hydrogen (secondary N) is 4. The second-order valence-electron chi connectivity index (χ2n) is 9.56. The number of aromatic nitrogens is 3. The van der Waals surface area contributed by atoms with Gasteiger partial charge in [0, 0.05) is 48.9 Å². The van der Waals surface area contributed by atoms with Gasteiger partial charge in [-0.25, -0.2) is 9.97 Å². The first-order valence-corrected chi connectivity index (χ1v) is 13.0. The lowest BCUT2D eigenvalue weighted by Gasteiger charge is -2.26. The van der Waals surface area contributed by atoms with Crippen molar-refractivity contribution in [2.45, 2.75) is 13.0 Å². The summed E-state index contributed by atoms with van der Waals surface area (Å²) in [6, 6.07) is 11.3. The van der Waals surface area contributed by atoms with Crippen LogP contribution in [0.5, 0.6) is 5.75 Å². The number of hydrogen-bond acceptors (Lipinski definition) is 8. The molecule has 2 heterocycles. The molecule has 0 saturated heterocycles. The number of benzene rings is 2. The van der Waals surface area contributed by atoms with E-state index >= 15 is 0 Å². The van der Waals surface area contributed by atoms with Crippen LogP contribution in [-0.2, 0) is 4.79 Å². The van der Waals surface area contributed by atoms with Crippen LogP contribution in [-0.4, -0.2) is 80.2 Å². The maximum Gasteiger partial charge on any atom is 0.241 e. The fraction of sp³-hybridized carbons (Fsp3) is 0.321. The van der Waals surface area contributed by atoms with E-state index in [2.05, 4.69) is 35.7 Å². The molecule has 4 aromatic rings. The van der Waals surface area contributed by atoms with E-state index < -0.39 is 0 Å². The standard InChI is InChI=1S/C28H35ClN8O2/c1-17(30-2)27(38)33-22-13-23(25(39-6)14-24(22)37(5)12-11-36(3)4)34-28-32-16-20(29)26(35-28)19-15-31-21-10-8-7-9-18(19)21/h7-10,13-17,30-31H,11-12H2,1-6H3,(H,33,38)(H,32,34,35)/t17-/m0/s1. The molecule has 0 fully saturated rings. The minimum atomic E-state index is -0.373. The van der Waals surface area contributed by atoms with Gasteiger partial charge in [0.15, 0.2) is 0 Å². The van der Waals surface area contributed by atoms with Crippen LogP contribution in [0.4, 0.5) is 23.0 Å². The van der Waals surface area contributed by atoms with Crippen LogP contribution in [0.3, 0.4) is 0 Å². The molecule has 0 radical (unpaired) electrons. The molecule has 4 N–H and O–H groups in total. The highest BCUT2D eigenvalue weighted by atomic mass is 35.5. The normalized spacial score (nSPS) is 12.0. The first kappa shape index (κ1) is 28.2. The largest absolute Gasteiger partial charge is 0.494 e. The summed E-state index contributed by atoms with van der Waals surface area (Å²) in [6.07, 6.45) is 3.46. The molecule has 1 atom stereocenters. The quantitative estimate of drug-likeness (QED) is 0.215. The Morgan fingerprint density at radius 2 is 1.92 bits per heavy atom. The minimum Gasteiger partial charge on any atom is -0.494 e. The predicted molar refractivity (Wildman–Crippen MR) is 160 cm³/mol. The Bertz CT molecular complexity index is 1460. The second kappa shape index (κ2) is 12.3. The third-order valence-electron chi connectivity index (χ3n) is 6.53. The average Bonchev–Trinajstić information content (AvgIpc) is 3.36. The first-order chi connectivity index (χ1) is 18.7. The minimum absolute atomic E-state index is 0.153. The number of para-hydroxylation sites is 1. The third kappa shape index (κ3) is 6.42. The van der Waals surface area contributed by atoms with Gasteiger partial charge in [-0.3, -0.25) is 4.79 Å². The number of fused-ring (bicyclic) bond motifs is 1. The van der Waals surface area contributed by atoms with Crippen molar-refractivity contribution in [1.29, 1.82) is 0 Å². The van der Waals surface area contributed by atoms with Gasteiger partial charge in [-0.1, -0.05) is 29.8 Å². The summed E-state index contributed by atoms with van der Waals surface area (Å²) in [4.78, 5) is 29.4. The molecule has 10 nitrogen and oxygen atoms in total. The number of carbonyl (C=O) groups is 1. The van der Waals surface area contributed by atoms with Gasteiger partial charge in [0.2, 0.25) is 11.9 Å². The van der Waals surface area contributed by atoms with Crippen molar-refractivity contribution in [3.8, 4) is 17.0 Å². The van der Waals surface area contributed by atoms with E-state index in [1.807, 2.05) is 63.7 Å². The van der Waals surface area contributed by atoms with Crippen molar-refractivity contribution >= 4 is 51.4 Å². The van der Waals surface area contributed by atoms with E-state index in [9.17, 15) is 4.79 Å². The zero-order chi connectivity index (χ0) is 28.1. The Morgan fingerprint density at radius 1 is 1.15 bits per heavy atom. The Balaban J connectivity index is 1.73. The number of carbonyl (C=O) groups excluding carboxylic acids is 1. The lowest BCUT2D eigenvalue weighted by Crippen LogP contribution is -2.36. The smallest absolute Gasteiger partial charge is 0.241 e. The number of aromatic amines is 1. The molecule has 11 heteroatoms. The first-order valence-electron chi connectivity index (χ1n) is 12.6. The summed E-state index contributed by atoms with van der Waals surface area (Å²) < 4.78 is 5.74. The van der Waals surface area contributed by atoms with E-state index in [1.165, 1.54) is 0 Å². The van der Waals surface area contributed by atoms with Crippen LogP contribution in [0, 0.1) is 0 Å².